The van der Waals surface area contributed by atoms with Crippen LogP contribution in [0.4, 0.5) is 15.8 Å². The molecule has 1 aliphatic carbocycles. The fourth-order valence-electron chi connectivity index (χ4n) is 4.30. The minimum absolute atomic E-state index is 0.0733. The molecule has 2 atom stereocenters. The molecule has 2 N–H and O–H groups in total. The fourth-order valence-corrected chi connectivity index (χ4v) is 5.32. The van der Waals surface area contributed by atoms with Crippen molar-refractivity contribution in [2.24, 2.45) is 5.92 Å². The molecule has 2 aliphatic rings. The van der Waals surface area contributed by atoms with Crippen LogP contribution in [0.15, 0.2) is 18.2 Å². The van der Waals surface area contributed by atoms with Gasteiger partial charge in [0.05, 0.1) is 22.6 Å². The molecular weight excluding hydrogens is 433 g/mol. The molecule has 1 saturated heterocycles. The Bertz CT molecular complexity index is 914. The first kappa shape index (κ1) is 24.9. The molecule has 7 nitrogen and oxygen atoms in total. The van der Waals surface area contributed by atoms with Gasteiger partial charge in [-0.25, -0.2) is 17.5 Å². The molecule has 0 spiro atoms. The van der Waals surface area contributed by atoms with E-state index in [1.54, 1.807) is 26.8 Å². The summed E-state index contributed by atoms with van der Waals surface area (Å²) in [5.41, 5.74) is 0.942. The average molecular weight is 470 g/mol. The van der Waals surface area contributed by atoms with Crippen LogP contribution in [0, 0.1) is 11.7 Å². The van der Waals surface area contributed by atoms with Crippen molar-refractivity contribution in [2.45, 2.75) is 83.3 Å². The number of sulfonamides is 1. The number of ether oxygens (including phenoxy) is 1. The number of anilines is 2. The van der Waals surface area contributed by atoms with E-state index in [0.29, 0.717) is 38.8 Å². The van der Waals surface area contributed by atoms with Gasteiger partial charge >= 0.3 is 0 Å². The SMILES string of the molecule is CC1CN(c2ccc(NC(=O)C3CCC(NS(=O)(=O)C(C)(C)C)CC3)c(F)c2)CC(C)O1. The molecule has 1 aromatic carbocycles. The zero-order valence-electron chi connectivity index (χ0n) is 19.7. The number of nitrogens with one attached hydrogen (secondary N) is 2. The lowest BCUT2D eigenvalue weighted by Crippen LogP contribution is -2.46. The second-order valence-corrected chi connectivity index (χ2v) is 12.6. The molecule has 180 valence electrons. The third-order valence-electron chi connectivity index (χ3n) is 6.22. The molecular formula is C23H36FN3O4S. The van der Waals surface area contributed by atoms with E-state index in [-0.39, 0.29) is 35.8 Å². The normalized spacial score (nSPS) is 27.2. The van der Waals surface area contributed by atoms with Crippen LogP contribution >= 0.6 is 0 Å². The largest absolute Gasteiger partial charge is 0.372 e. The van der Waals surface area contributed by atoms with Crippen LogP contribution in [-0.2, 0) is 19.6 Å². The highest BCUT2D eigenvalue weighted by Gasteiger charge is 2.34. The Morgan fingerprint density at radius 1 is 1.09 bits per heavy atom. The van der Waals surface area contributed by atoms with Crippen LogP contribution in [0.2, 0.25) is 0 Å². The molecule has 1 amide bonds. The minimum Gasteiger partial charge on any atom is -0.372 e. The van der Waals surface area contributed by atoms with E-state index in [0.717, 1.165) is 5.69 Å². The molecule has 1 saturated carbocycles. The monoisotopic (exact) mass is 469 g/mol. The lowest BCUT2D eigenvalue weighted by Gasteiger charge is -2.37. The predicted molar refractivity (Wildman–Crippen MR) is 125 cm³/mol. The molecule has 1 aliphatic heterocycles. The van der Waals surface area contributed by atoms with Crippen molar-refractivity contribution >= 4 is 27.3 Å². The number of hydrogen-bond donors (Lipinski definition) is 2. The van der Waals surface area contributed by atoms with E-state index in [4.69, 9.17) is 4.74 Å². The first-order valence-electron chi connectivity index (χ1n) is 11.4. The van der Waals surface area contributed by atoms with Crippen molar-refractivity contribution in [1.82, 2.24) is 4.72 Å². The number of benzene rings is 1. The number of amides is 1. The van der Waals surface area contributed by atoms with Crippen LogP contribution in [0.25, 0.3) is 0 Å². The summed E-state index contributed by atoms with van der Waals surface area (Å²) in [7, 11) is -3.42. The summed E-state index contributed by atoms with van der Waals surface area (Å²) in [5, 5.41) is 2.72. The molecule has 2 fully saturated rings. The summed E-state index contributed by atoms with van der Waals surface area (Å²) in [4.78, 5) is 14.8. The highest BCUT2D eigenvalue weighted by molar-refractivity contribution is 7.90. The van der Waals surface area contributed by atoms with Crippen molar-refractivity contribution in [2.75, 3.05) is 23.3 Å². The number of hydrogen-bond acceptors (Lipinski definition) is 5. The van der Waals surface area contributed by atoms with Gasteiger partial charge in [-0.15, -0.1) is 0 Å². The van der Waals surface area contributed by atoms with Gasteiger partial charge in [0, 0.05) is 30.7 Å². The van der Waals surface area contributed by atoms with E-state index in [2.05, 4.69) is 14.9 Å². The third kappa shape index (κ3) is 5.99. The van der Waals surface area contributed by atoms with E-state index in [1.165, 1.54) is 6.07 Å². The average Bonchev–Trinajstić information content (AvgIpc) is 2.68. The van der Waals surface area contributed by atoms with Gasteiger partial charge < -0.3 is 15.0 Å². The Morgan fingerprint density at radius 2 is 1.69 bits per heavy atom. The maximum Gasteiger partial charge on any atom is 0.227 e. The molecule has 32 heavy (non-hydrogen) atoms. The zero-order valence-corrected chi connectivity index (χ0v) is 20.5. The van der Waals surface area contributed by atoms with Crippen molar-refractivity contribution in [3.8, 4) is 0 Å². The van der Waals surface area contributed by atoms with E-state index < -0.39 is 20.6 Å². The molecule has 1 aromatic rings. The summed E-state index contributed by atoms with van der Waals surface area (Å²) >= 11 is 0. The molecule has 3 rings (SSSR count). The van der Waals surface area contributed by atoms with E-state index in [9.17, 15) is 17.6 Å². The number of carbonyl (C=O) groups is 1. The smallest absolute Gasteiger partial charge is 0.227 e. The number of carbonyl (C=O) groups excluding carboxylic acids is 1. The van der Waals surface area contributed by atoms with Gasteiger partial charge in [0.25, 0.3) is 0 Å². The lowest BCUT2D eigenvalue weighted by atomic mass is 9.86. The van der Waals surface area contributed by atoms with Gasteiger partial charge in [-0.05, 0) is 78.5 Å². The third-order valence-corrected chi connectivity index (χ3v) is 8.48. The van der Waals surface area contributed by atoms with Gasteiger partial charge in [-0.1, -0.05) is 0 Å². The lowest BCUT2D eigenvalue weighted by molar-refractivity contribution is -0.120. The van der Waals surface area contributed by atoms with Crippen molar-refractivity contribution < 1.29 is 22.3 Å². The van der Waals surface area contributed by atoms with Crippen molar-refractivity contribution in [1.29, 1.82) is 0 Å². The highest BCUT2D eigenvalue weighted by Crippen LogP contribution is 2.29. The van der Waals surface area contributed by atoms with Gasteiger partial charge in [0.15, 0.2) is 0 Å². The fraction of sp³-hybridized carbons (Fsp3) is 0.696. The number of halogens is 1. The Morgan fingerprint density at radius 3 is 2.22 bits per heavy atom. The van der Waals surface area contributed by atoms with Gasteiger partial charge in [0.1, 0.15) is 5.82 Å². The number of morpholine rings is 1. The maximum absolute atomic E-state index is 14.7. The molecule has 0 bridgehead atoms. The van der Waals surface area contributed by atoms with Crippen molar-refractivity contribution in [3.05, 3.63) is 24.0 Å². The Labute approximate surface area is 191 Å². The topological polar surface area (TPSA) is 87.7 Å². The maximum atomic E-state index is 14.7. The molecule has 2 unspecified atom stereocenters. The first-order valence-corrected chi connectivity index (χ1v) is 12.9. The van der Waals surface area contributed by atoms with Crippen molar-refractivity contribution in [3.63, 3.8) is 0 Å². The summed E-state index contributed by atoms with van der Waals surface area (Å²) in [6, 6.07) is 4.72. The Kier molecular flexibility index (Phi) is 7.51. The van der Waals surface area contributed by atoms with Crippen LogP contribution in [0.5, 0.6) is 0 Å². The second-order valence-electron chi connectivity index (χ2n) is 10.1. The van der Waals surface area contributed by atoms with Crippen LogP contribution in [0.3, 0.4) is 0 Å². The van der Waals surface area contributed by atoms with Gasteiger partial charge in [-0.2, -0.15) is 0 Å². The number of nitrogens with zero attached hydrogens (tertiary/aromatic N) is 1. The van der Waals surface area contributed by atoms with Crippen LogP contribution in [0.1, 0.15) is 60.3 Å². The highest BCUT2D eigenvalue weighted by atomic mass is 32.2. The molecule has 0 aromatic heterocycles. The van der Waals surface area contributed by atoms with Crippen LogP contribution < -0.4 is 14.9 Å². The molecule has 1 heterocycles. The predicted octanol–water partition coefficient (Wildman–Crippen LogP) is 3.65. The van der Waals surface area contributed by atoms with E-state index in [1.807, 2.05) is 19.9 Å². The standard InChI is InChI=1S/C23H36FN3O4S/c1-15-13-27(14-16(2)31-15)19-10-11-21(20(24)12-19)25-22(28)17-6-8-18(9-7-17)26-32(29,30)23(3,4)5/h10-12,15-18,26H,6-9,13-14H2,1-5H3,(H,25,28). The zero-order chi connectivity index (χ0) is 23.7. The van der Waals surface area contributed by atoms with Gasteiger partial charge in [0.2, 0.25) is 15.9 Å². The summed E-state index contributed by atoms with van der Waals surface area (Å²) in [6.07, 6.45) is 2.44. The Balaban J connectivity index is 1.55. The minimum atomic E-state index is -3.42. The first-order chi connectivity index (χ1) is 14.9. The summed E-state index contributed by atoms with van der Waals surface area (Å²) in [5.74, 6) is -0.943. The number of rotatable bonds is 5. The molecule has 0 radical (unpaired) electrons. The summed E-state index contributed by atoms with van der Waals surface area (Å²) in [6.45, 7) is 10.4. The Hall–Kier alpha value is -1.71. The quantitative estimate of drug-likeness (QED) is 0.687. The second kappa shape index (κ2) is 9.65. The van der Waals surface area contributed by atoms with Gasteiger partial charge in [-0.3, -0.25) is 4.79 Å². The molecule has 9 heteroatoms. The summed E-state index contributed by atoms with van der Waals surface area (Å²) < 4.78 is 47.1. The van der Waals surface area contributed by atoms with Crippen LogP contribution in [-0.4, -0.2) is 50.4 Å². The van der Waals surface area contributed by atoms with E-state index >= 15 is 0 Å².